The van der Waals surface area contributed by atoms with Crippen molar-refractivity contribution in [2.75, 3.05) is 26.2 Å². The number of carbonyl (C=O) groups excluding carboxylic acids is 2. The van der Waals surface area contributed by atoms with Crippen LogP contribution in [0.2, 0.25) is 0 Å². The minimum Gasteiger partial charge on any atom is -0.466 e. The second-order valence-electron chi connectivity index (χ2n) is 13.2. The Kier molecular flexibility index (Phi) is 12.1. The summed E-state index contributed by atoms with van der Waals surface area (Å²) < 4.78 is 78.4. The Morgan fingerprint density at radius 1 is 0.980 bits per heavy atom. The van der Waals surface area contributed by atoms with Crippen LogP contribution in [0.25, 0.3) is 11.1 Å². The van der Waals surface area contributed by atoms with Gasteiger partial charge in [-0.25, -0.2) is 8.78 Å². The van der Waals surface area contributed by atoms with Crippen molar-refractivity contribution in [1.29, 1.82) is 0 Å². The van der Waals surface area contributed by atoms with Crippen molar-refractivity contribution in [1.82, 2.24) is 14.8 Å². The molecule has 1 unspecified atom stereocenters. The molecule has 266 valence electrons. The highest BCUT2D eigenvalue weighted by molar-refractivity contribution is 5.82. The van der Waals surface area contributed by atoms with Crippen molar-refractivity contribution in [3.05, 3.63) is 91.9 Å². The van der Waals surface area contributed by atoms with E-state index >= 15 is 4.39 Å². The molecule has 4 rings (SSSR count). The molecule has 1 fully saturated rings. The van der Waals surface area contributed by atoms with Gasteiger partial charge in [0.15, 0.2) is 0 Å². The van der Waals surface area contributed by atoms with Gasteiger partial charge in [0, 0.05) is 24.4 Å². The number of likely N-dealkylation sites (tertiary alicyclic amines) is 1. The Hall–Kier alpha value is -4.06. The summed E-state index contributed by atoms with van der Waals surface area (Å²) in [5.74, 6) is -2.77. The zero-order valence-corrected chi connectivity index (χ0v) is 28.8. The lowest BCUT2D eigenvalue weighted by molar-refractivity contribution is -0.144. The Balaban J connectivity index is 1.80. The fourth-order valence-electron chi connectivity index (χ4n) is 6.43. The van der Waals surface area contributed by atoms with Crippen molar-refractivity contribution < 1.29 is 36.3 Å². The smallest absolute Gasteiger partial charge is 0.416 e. The van der Waals surface area contributed by atoms with Gasteiger partial charge in [0.2, 0.25) is 5.91 Å². The Morgan fingerprint density at radius 2 is 1.63 bits per heavy atom. The first-order valence-corrected chi connectivity index (χ1v) is 16.6. The van der Waals surface area contributed by atoms with Crippen molar-refractivity contribution >= 4 is 11.9 Å². The highest BCUT2D eigenvalue weighted by Gasteiger charge is 2.36. The number of nitrogens with zero attached hydrogens (tertiary/aromatic N) is 2. The van der Waals surface area contributed by atoms with Gasteiger partial charge in [0.1, 0.15) is 17.7 Å². The molecule has 1 aliphatic heterocycles. The van der Waals surface area contributed by atoms with E-state index in [0.29, 0.717) is 34.9 Å². The minimum absolute atomic E-state index is 0.0239. The van der Waals surface area contributed by atoms with Crippen LogP contribution in [0.15, 0.2) is 41.3 Å². The largest absolute Gasteiger partial charge is 0.466 e. The van der Waals surface area contributed by atoms with Gasteiger partial charge in [0.25, 0.3) is 5.56 Å². The van der Waals surface area contributed by atoms with Crippen LogP contribution < -0.4 is 10.9 Å². The average molecular weight is 690 g/mol. The van der Waals surface area contributed by atoms with E-state index < -0.39 is 59.3 Å². The summed E-state index contributed by atoms with van der Waals surface area (Å²) in [7, 11) is 0. The third-order valence-corrected chi connectivity index (χ3v) is 8.88. The topological polar surface area (TPSA) is 80.6 Å². The molecule has 0 saturated carbocycles. The van der Waals surface area contributed by atoms with Crippen LogP contribution in [-0.4, -0.2) is 47.6 Å². The van der Waals surface area contributed by atoms with E-state index in [0.717, 1.165) is 30.3 Å². The fraction of sp³-hybridized carbons (Fsp3) is 0.486. The average Bonchev–Trinajstić information content (AvgIpc) is 2.96. The summed E-state index contributed by atoms with van der Waals surface area (Å²) in [4.78, 5) is 42.3. The normalized spacial score (nSPS) is 14.8. The van der Waals surface area contributed by atoms with Gasteiger partial charge >= 0.3 is 12.1 Å². The minimum atomic E-state index is -4.77. The van der Waals surface area contributed by atoms with Gasteiger partial charge in [-0.3, -0.25) is 14.4 Å². The summed E-state index contributed by atoms with van der Waals surface area (Å²) >= 11 is 0. The van der Waals surface area contributed by atoms with Crippen LogP contribution >= 0.6 is 0 Å². The van der Waals surface area contributed by atoms with E-state index in [2.05, 4.69) is 5.32 Å². The third-order valence-electron chi connectivity index (χ3n) is 8.88. The summed E-state index contributed by atoms with van der Waals surface area (Å²) in [6, 6.07) is 3.80. The predicted octanol–water partition coefficient (Wildman–Crippen LogP) is 7.38. The number of esters is 1. The number of halogens is 5. The molecule has 7 nitrogen and oxygen atoms in total. The first-order valence-electron chi connectivity index (χ1n) is 16.6. The summed E-state index contributed by atoms with van der Waals surface area (Å²) in [6.45, 7) is 12.1. The molecule has 49 heavy (non-hydrogen) atoms. The van der Waals surface area contributed by atoms with E-state index in [9.17, 15) is 31.9 Å². The first kappa shape index (κ1) is 37.8. The lowest BCUT2D eigenvalue weighted by atomic mass is 9.90. The number of rotatable bonds is 13. The third kappa shape index (κ3) is 9.14. The van der Waals surface area contributed by atoms with Crippen LogP contribution in [0, 0.1) is 38.3 Å². The predicted molar refractivity (Wildman–Crippen MR) is 177 cm³/mol. The molecule has 2 aromatic carbocycles. The van der Waals surface area contributed by atoms with Crippen LogP contribution in [0.4, 0.5) is 22.0 Å². The molecule has 1 saturated heterocycles. The molecule has 0 aliphatic carbocycles. The number of aryl methyl sites for hydroxylation is 3. The lowest BCUT2D eigenvalue weighted by Gasteiger charge is -2.31. The number of hydrogen-bond acceptors (Lipinski definition) is 5. The van der Waals surface area contributed by atoms with Gasteiger partial charge in [-0.1, -0.05) is 13.8 Å². The number of alkyl halides is 3. The standard InChI is InChI=1S/C37H44F5N3O4/c1-7-49-33(47)19-30(28-17-26(14-24(6)35(28)39)34-22(4)15-27(38)16-23(34)5)43-36(48)31(13-21(2)3)45-20-25(9-12-44-10-8-11-44)29(18-32(45)46)37(40,41)42/h14-18,20-21,30-31H,7-13,19H2,1-6H3,(H,43,48)/t30-,31?/m0/s1. The fourth-order valence-corrected chi connectivity index (χ4v) is 6.43. The molecular weight excluding hydrogens is 645 g/mol. The molecule has 1 aromatic heterocycles. The van der Waals surface area contributed by atoms with Crippen molar-refractivity contribution in [2.24, 2.45) is 5.92 Å². The highest BCUT2D eigenvalue weighted by Crippen LogP contribution is 2.35. The van der Waals surface area contributed by atoms with E-state index in [1.807, 2.05) is 4.90 Å². The van der Waals surface area contributed by atoms with E-state index in [1.54, 1.807) is 40.7 Å². The van der Waals surface area contributed by atoms with Gasteiger partial charge < -0.3 is 19.5 Å². The maximum Gasteiger partial charge on any atom is 0.416 e. The van der Waals surface area contributed by atoms with E-state index in [4.69, 9.17) is 4.74 Å². The molecule has 1 aliphatic rings. The molecule has 2 heterocycles. The number of ether oxygens (including phenoxy) is 1. The van der Waals surface area contributed by atoms with Crippen LogP contribution in [0.5, 0.6) is 0 Å². The van der Waals surface area contributed by atoms with Crippen molar-refractivity contribution in [3.63, 3.8) is 0 Å². The molecule has 2 atom stereocenters. The molecule has 0 bridgehead atoms. The second-order valence-corrected chi connectivity index (χ2v) is 13.2. The Bertz CT molecular complexity index is 1720. The van der Waals surface area contributed by atoms with Crippen molar-refractivity contribution in [3.8, 4) is 11.1 Å². The van der Waals surface area contributed by atoms with Crippen LogP contribution in [0.3, 0.4) is 0 Å². The maximum atomic E-state index is 16.0. The monoisotopic (exact) mass is 689 g/mol. The number of benzene rings is 2. The van der Waals surface area contributed by atoms with Crippen LogP contribution in [0.1, 0.15) is 85.5 Å². The summed E-state index contributed by atoms with van der Waals surface area (Å²) in [6.07, 6.45) is -3.06. The number of carbonyl (C=O) groups is 2. The number of amides is 1. The molecule has 1 N–H and O–H groups in total. The number of nitrogens with one attached hydrogen (secondary N) is 1. The quantitative estimate of drug-likeness (QED) is 0.150. The van der Waals surface area contributed by atoms with Gasteiger partial charge in [0.05, 0.1) is 24.6 Å². The highest BCUT2D eigenvalue weighted by atomic mass is 19.4. The number of hydrogen-bond donors (Lipinski definition) is 1. The lowest BCUT2D eigenvalue weighted by Crippen LogP contribution is -2.41. The molecular formula is C37H44F5N3O4. The van der Waals surface area contributed by atoms with E-state index in [1.165, 1.54) is 25.1 Å². The summed E-state index contributed by atoms with van der Waals surface area (Å²) in [5.41, 5.74) is 0.424. The molecule has 0 spiro atoms. The first-order chi connectivity index (χ1) is 23.0. The van der Waals surface area contributed by atoms with Gasteiger partial charge in [-0.15, -0.1) is 0 Å². The van der Waals surface area contributed by atoms with Crippen molar-refractivity contribution in [2.45, 2.75) is 85.5 Å². The Labute approximate surface area is 283 Å². The second kappa shape index (κ2) is 15.7. The molecule has 12 heteroatoms. The summed E-state index contributed by atoms with van der Waals surface area (Å²) in [5, 5.41) is 2.74. The molecule has 3 aromatic rings. The van der Waals surface area contributed by atoms with Crippen LogP contribution in [-0.2, 0) is 26.9 Å². The number of pyridine rings is 1. The zero-order chi connectivity index (χ0) is 36.2. The Morgan fingerprint density at radius 3 is 2.18 bits per heavy atom. The maximum absolute atomic E-state index is 16.0. The zero-order valence-electron chi connectivity index (χ0n) is 28.8. The SMILES string of the molecule is CCOC(=O)C[C@H](NC(=O)C(CC(C)C)n1cc(CCN2CCC2)c(C(F)(F)F)cc1=O)c1cc(-c2c(C)cc(F)cc2C)cc(C)c1F. The van der Waals surface area contributed by atoms with Gasteiger partial charge in [-0.05, 0) is 124 Å². The van der Waals surface area contributed by atoms with Gasteiger partial charge in [-0.2, -0.15) is 13.2 Å². The molecule has 0 radical (unpaired) electrons. The molecule has 1 amide bonds. The van der Waals surface area contributed by atoms with E-state index in [-0.39, 0.29) is 42.1 Å². The number of aromatic nitrogens is 1.